The first-order valence-corrected chi connectivity index (χ1v) is 8.54. The number of furan rings is 1. The Morgan fingerprint density at radius 3 is 2.11 bits per heavy atom. The molecule has 0 bridgehead atoms. The lowest BCUT2D eigenvalue weighted by atomic mass is 10.1. The standard InChI is InChI=1S/C21H13NO5/c1-3-16-19(25-10-23-16)7-12(1)14-5-6-22-15-9-18(27-21(14)15)13-2-4-17-20(8-13)26-11-24-17/h1-9H,10-11H2. The third-order valence-electron chi connectivity index (χ3n) is 4.75. The van der Waals surface area contributed by atoms with Crippen LogP contribution in [0.4, 0.5) is 0 Å². The van der Waals surface area contributed by atoms with Gasteiger partial charge in [-0.2, -0.15) is 0 Å². The lowest BCUT2D eigenvalue weighted by Gasteiger charge is -2.04. The second-order valence-electron chi connectivity index (χ2n) is 6.32. The Morgan fingerprint density at radius 2 is 1.33 bits per heavy atom. The molecule has 27 heavy (non-hydrogen) atoms. The van der Waals surface area contributed by atoms with E-state index in [0.29, 0.717) is 0 Å². The summed E-state index contributed by atoms with van der Waals surface area (Å²) in [5.74, 6) is 3.68. The van der Waals surface area contributed by atoms with E-state index in [2.05, 4.69) is 4.98 Å². The average Bonchev–Trinajstić information content (AvgIpc) is 3.44. The molecular formula is C21H13NO5. The molecule has 2 aliphatic rings. The fourth-order valence-corrected chi connectivity index (χ4v) is 3.42. The zero-order valence-electron chi connectivity index (χ0n) is 14.1. The highest BCUT2D eigenvalue weighted by molar-refractivity contribution is 5.93. The van der Waals surface area contributed by atoms with Crippen LogP contribution < -0.4 is 18.9 Å². The van der Waals surface area contributed by atoms with Gasteiger partial charge in [-0.05, 0) is 42.0 Å². The van der Waals surface area contributed by atoms with Crippen molar-refractivity contribution in [3.8, 4) is 45.4 Å². The molecule has 0 fully saturated rings. The van der Waals surface area contributed by atoms with Crippen molar-refractivity contribution < 1.29 is 23.4 Å². The van der Waals surface area contributed by atoms with E-state index in [9.17, 15) is 0 Å². The van der Waals surface area contributed by atoms with Gasteiger partial charge in [0, 0.05) is 23.4 Å². The molecule has 4 heterocycles. The number of aromatic nitrogens is 1. The van der Waals surface area contributed by atoms with Crippen molar-refractivity contribution in [3.63, 3.8) is 0 Å². The molecule has 2 aromatic carbocycles. The molecule has 0 unspecified atom stereocenters. The first-order valence-electron chi connectivity index (χ1n) is 8.54. The van der Waals surface area contributed by atoms with Crippen LogP contribution >= 0.6 is 0 Å². The third-order valence-corrected chi connectivity index (χ3v) is 4.75. The highest BCUT2D eigenvalue weighted by Crippen LogP contribution is 2.41. The summed E-state index contributed by atoms with van der Waals surface area (Å²) in [6, 6.07) is 15.5. The minimum absolute atomic E-state index is 0.245. The summed E-state index contributed by atoms with van der Waals surface area (Å²) >= 11 is 0. The second-order valence-corrected chi connectivity index (χ2v) is 6.32. The monoisotopic (exact) mass is 359 g/mol. The van der Waals surface area contributed by atoms with Gasteiger partial charge in [-0.25, -0.2) is 0 Å². The number of benzene rings is 2. The van der Waals surface area contributed by atoms with E-state index in [1.54, 1.807) is 6.20 Å². The summed E-state index contributed by atoms with van der Waals surface area (Å²) < 4.78 is 27.9. The smallest absolute Gasteiger partial charge is 0.231 e. The number of nitrogens with zero attached hydrogens (tertiary/aromatic N) is 1. The minimum atomic E-state index is 0.245. The summed E-state index contributed by atoms with van der Waals surface area (Å²) in [4.78, 5) is 4.45. The Morgan fingerprint density at radius 1 is 0.667 bits per heavy atom. The van der Waals surface area contributed by atoms with Gasteiger partial charge < -0.3 is 23.4 Å². The predicted molar refractivity (Wildman–Crippen MR) is 97.1 cm³/mol. The van der Waals surface area contributed by atoms with Crippen molar-refractivity contribution in [2.75, 3.05) is 13.6 Å². The molecule has 132 valence electrons. The van der Waals surface area contributed by atoms with Crippen molar-refractivity contribution in [2.24, 2.45) is 0 Å². The normalized spacial score (nSPS) is 14.1. The molecule has 0 atom stereocenters. The second kappa shape index (κ2) is 5.41. The molecule has 0 N–H and O–H groups in total. The minimum Gasteiger partial charge on any atom is -0.454 e. The van der Waals surface area contributed by atoms with Crippen molar-refractivity contribution in [3.05, 3.63) is 54.7 Å². The molecule has 2 aliphatic heterocycles. The van der Waals surface area contributed by atoms with Gasteiger partial charge in [0.2, 0.25) is 13.6 Å². The van der Waals surface area contributed by atoms with Gasteiger partial charge in [-0.15, -0.1) is 0 Å². The molecule has 0 amide bonds. The zero-order valence-corrected chi connectivity index (χ0v) is 14.1. The molecule has 6 heteroatoms. The Labute approximate surface area is 153 Å². The van der Waals surface area contributed by atoms with Crippen molar-refractivity contribution in [1.82, 2.24) is 4.98 Å². The number of hydrogen-bond acceptors (Lipinski definition) is 6. The van der Waals surface area contributed by atoms with E-state index < -0.39 is 0 Å². The maximum absolute atomic E-state index is 6.19. The maximum atomic E-state index is 6.19. The van der Waals surface area contributed by atoms with Crippen LogP contribution in [0.2, 0.25) is 0 Å². The highest BCUT2D eigenvalue weighted by Gasteiger charge is 2.19. The summed E-state index contributed by atoms with van der Waals surface area (Å²) in [5, 5.41) is 0. The van der Waals surface area contributed by atoms with Gasteiger partial charge in [-0.1, -0.05) is 6.07 Å². The molecule has 6 nitrogen and oxygen atoms in total. The molecule has 0 saturated carbocycles. The SMILES string of the molecule is c1cc(-c2ccc3c(c2)OCO3)c2oc(-c3ccc4c(c3)OCO4)cc2n1. The summed E-state index contributed by atoms with van der Waals surface area (Å²) in [6.07, 6.45) is 1.78. The van der Waals surface area contributed by atoms with Crippen LogP contribution in [0.5, 0.6) is 23.0 Å². The number of rotatable bonds is 2. The van der Waals surface area contributed by atoms with Crippen molar-refractivity contribution in [1.29, 1.82) is 0 Å². The molecule has 2 aromatic heterocycles. The first kappa shape index (κ1) is 14.5. The number of hydrogen-bond donors (Lipinski definition) is 0. The summed E-state index contributed by atoms with van der Waals surface area (Å²) in [5.41, 5.74) is 4.36. The van der Waals surface area contributed by atoms with Crippen molar-refractivity contribution >= 4 is 11.1 Å². The first-order chi connectivity index (χ1) is 13.3. The van der Waals surface area contributed by atoms with Crippen LogP contribution in [0, 0.1) is 0 Å². The number of fused-ring (bicyclic) bond motifs is 3. The average molecular weight is 359 g/mol. The lowest BCUT2D eigenvalue weighted by molar-refractivity contribution is 0.173. The Hall–Kier alpha value is -3.67. The quantitative estimate of drug-likeness (QED) is 0.520. The molecule has 4 aromatic rings. The predicted octanol–water partition coefficient (Wildman–Crippen LogP) is 4.62. The van der Waals surface area contributed by atoms with Gasteiger partial charge in [0.25, 0.3) is 0 Å². The van der Waals surface area contributed by atoms with E-state index in [1.807, 2.05) is 48.5 Å². The van der Waals surface area contributed by atoms with E-state index in [-0.39, 0.29) is 13.6 Å². The molecule has 0 radical (unpaired) electrons. The largest absolute Gasteiger partial charge is 0.454 e. The topological polar surface area (TPSA) is 63.0 Å². The van der Waals surface area contributed by atoms with Gasteiger partial charge in [0.15, 0.2) is 28.6 Å². The highest BCUT2D eigenvalue weighted by atomic mass is 16.7. The van der Waals surface area contributed by atoms with Gasteiger partial charge in [0.1, 0.15) is 11.3 Å². The van der Waals surface area contributed by atoms with Gasteiger partial charge in [-0.3, -0.25) is 4.98 Å². The Balaban J connectivity index is 1.48. The van der Waals surface area contributed by atoms with Gasteiger partial charge in [0.05, 0.1) is 0 Å². The molecule has 0 aliphatic carbocycles. The fourth-order valence-electron chi connectivity index (χ4n) is 3.42. The van der Waals surface area contributed by atoms with E-state index in [4.69, 9.17) is 23.4 Å². The summed E-state index contributed by atoms with van der Waals surface area (Å²) in [6.45, 7) is 0.494. The van der Waals surface area contributed by atoms with Crippen LogP contribution in [0.25, 0.3) is 33.6 Å². The van der Waals surface area contributed by atoms with Crippen LogP contribution in [0.3, 0.4) is 0 Å². The fraction of sp³-hybridized carbons (Fsp3) is 0.0952. The number of ether oxygens (including phenoxy) is 4. The van der Waals surface area contributed by atoms with Gasteiger partial charge >= 0.3 is 0 Å². The van der Waals surface area contributed by atoms with Crippen molar-refractivity contribution in [2.45, 2.75) is 0 Å². The summed E-state index contributed by atoms with van der Waals surface area (Å²) in [7, 11) is 0. The van der Waals surface area contributed by atoms with E-state index in [1.165, 1.54) is 0 Å². The van der Waals surface area contributed by atoms with Crippen LogP contribution in [-0.2, 0) is 0 Å². The maximum Gasteiger partial charge on any atom is 0.231 e. The zero-order chi connectivity index (χ0) is 17.8. The van der Waals surface area contributed by atoms with Crippen LogP contribution in [-0.4, -0.2) is 18.6 Å². The van der Waals surface area contributed by atoms with Crippen LogP contribution in [0.15, 0.2) is 59.1 Å². The lowest BCUT2D eigenvalue weighted by Crippen LogP contribution is -1.92. The molecule has 0 saturated heterocycles. The van der Waals surface area contributed by atoms with E-state index >= 15 is 0 Å². The van der Waals surface area contributed by atoms with E-state index in [0.717, 1.165) is 56.5 Å². The Bertz CT molecular complexity index is 1200. The molecular weight excluding hydrogens is 346 g/mol. The van der Waals surface area contributed by atoms with Crippen LogP contribution in [0.1, 0.15) is 0 Å². The third kappa shape index (κ3) is 2.23. The molecule has 6 rings (SSSR count). The number of pyridine rings is 1. The molecule has 0 spiro atoms. The Kier molecular flexibility index (Phi) is 2.90.